The first-order valence-corrected chi connectivity index (χ1v) is 9.73. The lowest BCUT2D eigenvalue weighted by Gasteiger charge is -2.43. The van der Waals surface area contributed by atoms with Gasteiger partial charge < -0.3 is 14.6 Å². The van der Waals surface area contributed by atoms with Crippen LogP contribution in [0.25, 0.3) is 10.9 Å². The zero-order chi connectivity index (χ0) is 21.2. The molecule has 1 aromatic heterocycles. The van der Waals surface area contributed by atoms with Gasteiger partial charge in [0.1, 0.15) is 5.92 Å². The van der Waals surface area contributed by atoms with Crippen LogP contribution in [0.4, 0.5) is 0 Å². The predicted molar refractivity (Wildman–Crippen MR) is 105 cm³/mol. The van der Waals surface area contributed by atoms with Gasteiger partial charge in [-0.2, -0.15) is 0 Å². The second-order valence-corrected chi connectivity index (χ2v) is 7.45. The van der Waals surface area contributed by atoms with Crippen LogP contribution in [0.5, 0.6) is 0 Å². The fourth-order valence-electron chi connectivity index (χ4n) is 4.15. The number of pyridine rings is 1. The fraction of sp³-hybridized carbons (Fsp3) is 0.455. The number of hydrogen-bond acceptors (Lipinski definition) is 7. The number of esters is 2. The Kier molecular flexibility index (Phi) is 5.98. The van der Waals surface area contributed by atoms with Gasteiger partial charge in [-0.1, -0.05) is 18.2 Å². The van der Waals surface area contributed by atoms with Gasteiger partial charge in [0.15, 0.2) is 5.78 Å². The molecule has 4 unspecified atom stereocenters. The predicted octanol–water partition coefficient (Wildman–Crippen LogP) is 2.40. The third-order valence-corrected chi connectivity index (χ3v) is 5.34. The number of ketones is 1. The zero-order valence-electron chi connectivity index (χ0n) is 16.8. The maximum atomic E-state index is 12.9. The Hall–Kier alpha value is -2.80. The van der Waals surface area contributed by atoms with Gasteiger partial charge in [-0.3, -0.25) is 19.4 Å². The molecule has 2 aromatic rings. The highest BCUT2D eigenvalue weighted by Crippen LogP contribution is 2.47. The molecule has 1 aliphatic carbocycles. The number of benzene rings is 1. The van der Waals surface area contributed by atoms with Crippen molar-refractivity contribution in [1.82, 2.24) is 4.98 Å². The van der Waals surface area contributed by atoms with Crippen LogP contribution in [-0.4, -0.2) is 46.6 Å². The molecule has 154 valence electrons. The molecule has 1 fully saturated rings. The molecule has 1 aromatic carbocycles. The molecule has 1 N–H and O–H groups in total. The van der Waals surface area contributed by atoms with Crippen molar-refractivity contribution in [2.45, 2.75) is 38.7 Å². The summed E-state index contributed by atoms with van der Waals surface area (Å²) < 4.78 is 10.3. The van der Waals surface area contributed by atoms with Crippen molar-refractivity contribution in [2.75, 3.05) is 13.2 Å². The summed E-state index contributed by atoms with van der Waals surface area (Å²) in [5, 5.41) is 11.8. The minimum Gasteiger partial charge on any atom is -0.466 e. The van der Waals surface area contributed by atoms with Crippen molar-refractivity contribution < 1.29 is 29.0 Å². The average molecular weight is 399 g/mol. The standard InChI is InChI=1S/C22H25NO6/c1-4-28-20(25)18-16(24)11-22(3,27)19(21(26)29-5-2)17(18)14-10-13-8-6-7-9-15(13)23-12-14/h6-10,12,17-19,27H,4-5,11H2,1-3H3. The number of ether oxygens (including phenoxy) is 2. The van der Waals surface area contributed by atoms with E-state index in [4.69, 9.17) is 9.47 Å². The van der Waals surface area contributed by atoms with E-state index in [1.807, 2.05) is 24.3 Å². The van der Waals surface area contributed by atoms with Crippen molar-refractivity contribution in [3.63, 3.8) is 0 Å². The van der Waals surface area contributed by atoms with Crippen LogP contribution in [-0.2, 0) is 23.9 Å². The van der Waals surface area contributed by atoms with Crippen molar-refractivity contribution in [1.29, 1.82) is 0 Å². The maximum Gasteiger partial charge on any atom is 0.317 e. The third-order valence-electron chi connectivity index (χ3n) is 5.34. The molecule has 0 spiro atoms. The van der Waals surface area contributed by atoms with Gasteiger partial charge in [0.05, 0.1) is 30.2 Å². The van der Waals surface area contributed by atoms with Crippen LogP contribution < -0.4 is 0 Å². The monoisotopic (exact) mass is 399 g/mol. The Balaban J connectivity index is 2.18. The molecule has 1 heterocycles. The summed E-state index contributed by atoms with van der Waals surface area (Å²) in [5.41, 5.74) is -0.415. The number of para-hydroxylation sites is 1. The molecule has 3 rings (SSSR count). The minimum absolute atomic E-state index is 0.103. The van der Waals surface area contributed by atoms with E-state index in [0.717, 1.165) is 10.9 Å². The summed E-state index contributed by atoms with van der Waals surface area (Å²) in [7, 11) is 0. The molecule has 1 saturated carbocycles. The second kappa shape index (κ2) is 8.29. The Bertz CT molecular complexity index is 938. The van der Waals surface area contributed by atoms with Crippen LogP contribution in [0, 0.1) is 11.8 Å². The molecule has 0 saturated heterocycles. The van der Waals surface area contributed by atoms with E-state index >= 15 is 0 Å². The van der Waals surface area contributed by atoms with E-state index in [0.29, 0.717) is 5.56 Å². The van der Waals surface area contributed by atoms with E-state index in [1.165, 1.54) is 6.92 Å². The van der Waals surface area contributed by atoms with Crippen molar-refractivity contribution in [3.05, 3.63) is 42.1 Å². The smallest absolute Gasteiger partial charge is 0.317 e. The Morgan fingerprint density at radius 1 is 1.17 bits per heavy atom. The Morgan fingerprint density at radius 2 is 1.83 bits per heavy atom. The SMILES string of the molecule is CCOC(=O)C1C(=O)CC(C)(O)C(C(=O)OCC)C1c1cnc2ccccc2c1. The van der Waals surface area contributed by atoms with Crippen LogP contribution in [0.3, 0.4) is 0 Å². The van der Waals surface area contributed by atoms with E-state index in [9.17, 15) is 19.5 Å². The number of rotatable bonds is 5. The first-order chi connectivity index (χ1) is 13.8. The molecule has 7 nitrogen and oxygen atoms in total. The topological polar surface area (TPSA) is 103 Å². The number of nitrogens with zero attached hydrogens (tertiary/aromatic N) is 1. The molecular formula is C22H25NO6. The number of fused-ring (bicyclic) bond motifs is 1. The van der Waals surface area contributed by atoms with Gasteiger partial charge in [0.2, 0.25) is 0 Å². The number of Topliss-reactive ketones (excluding diaryl/α,β-unsaturated/α-hetero) is 1. The Labute approximate surface area is 169 Å². The van der Waals surface area contributed by atoms with Crippen molar-refractivity contribution in [3.8, 4) is 0 Å². The summed E-state index contributed by atoms with van der Waals surface area (Å²) in [6.07, 6.45) is 1.21. The van der Waals surface area contributed by atoms with Gasteiger partial charge in [0, 0.05) is 23.9 Å². The van der Waals surface area contributed by atoms with E-state index in [1.54, 1.807) is 26.1 Å². The number of carbonyl (C=O) groups is 3. The zero-order valence-corrected chi connectivity index (χ0v) is 16.8. The Morgan fingerprint density at radius 3 is 2.52 bits per heavy atom. The van der Waals surface area contributed by atoms with E-state index < -0.39 is 41.1 Å². The highest BCUT2D eigenvalue weighted by atomic mass is 16.5. The average Bonchev–Trinajstić information content (AvgIpc) is 2.66. The van der Waals surface area contributed by atoms with Crippen LogP contribution in [0.15, 0.2) is 36.5 Å². The molecule has 0 bridgehead atoms. The number of hydrogen-bond donors (Lipinski definition) is 1. The molecule has 0 amide bonds. The molecule has 7 heteroatoms. The first kappa shape index (κ1) is 20.9. The number of carbonyl (C=O) groups excluding carboxylic acids is 3. The van der Waals surface area contributed by atoms with Gasteiger partial charge in [0.25, 0.3) is 0 Å². The van der Waals surface area contributed by atoms with Crippen LogP contribution in [0.1, 0.15) is 38.7 Å². The lowest BCUT2D eigenvalue weighted by molar-refractivity contribution is -0.172. The van der Waals surface area contributed by atoms with Crippen molar-refractivity contribution in [2.24, 2.45) is 11.8 Å². The second-order valence-electron chi connectivity index (χ2n) is 7.45. The van der Waals surface area contributed by atoms with Crippen LogP contribution in [0.2, 0.25) is 0 Å². The van der Waals surface area contributed by atoms with Crippen molar-refractivity contribution >= 4 is 28.6 Å². The summed E-state index contributed by atoms with van der Waals surface area (Å²) in [5.74, 6) is -5.10. The minimum atomic E-state index is -1.66. The lowest BCUT2D eigenvalue weighted by Crippen LogP contribution is -2.55. The maximum absolute atomic E-state index is 12.9. The number of aliphatic hydroxyl groups is 1. The largest absolute Gasteiger partial charge is 0.466 e. The van der Waals surface area contributed by atoms with Gasteiger partial charge in [-0.25, -0.2) is 0 Å². The summed E-state index contributed by atoms with van der Waals surface area (Å²) in [6, 6.07) is 9.19. The van der Waals surface area contributed by atoms with E-state index in [-0.39, 0.29) is 19.6 Å². The molecular weight excluding hydrogens is 374 g/mol. The fourth-order valence-corrected chi connectivity index (χ4v) is 4.15. The number of aromatic nitrogens is 1. The quantitative estimate of drug-likeness (QED) is 0.608. The van der Waals surface area contributed by atoms with E-state index in [2.05, 4.69) is 4.98 Å². The molecule has 29 heavy (non-hydrogen) atoms. The van der Waals surface area contributed by atoms with Crippen LogP contribution >= 0.6 is 0 Å². The molecule has 4 atom stereocenters. The summed E-state index contributed by atoms with van der Waals surface area (Å²) >= 11 is 0. The van der Waals surface area contributed by atoms with Gasteiger partial charge >= 0.3 is 11.9 Å². The first-order valence-electron chi connectivity index (χ1n) is 9.73. The molecule has 0 radical (unpaired) electrons. The lowest BCUT2D eigenvalue weighted by atomic mass is 9.62. The molecule has 0 aliphatic heterocycles. The summed E-state index contributed by atoms with van der Waals surface area (Å²) in [6.45, 7) is 4.96. The normalized spacial score (nSPS) is 26.9. The summed E-state index contributed by atoms with van der Waals surface area (Å²) in [4.78, 5) is 42.8. The highest BCUT2D eigenvalue weighted by Gasteiger charge is 2.57. The molecule has 1 aliphatic rings. The van der Waals surface area contributed by atoms with Gasteiger partial charge in [-0.05, 0) is 38.5 Å². The third kappa shape index (κ3) is 4.00. The highest BCUT2D eigenvalue weighted by molar-refractivity contribution is 6.03. The van der Waals surface area contributed by atoms with Gasteiger partial charge in [-0.15, -0.1) is 0 Å².